The maximum atomic E-state index is 13.1. The number of carbonyl (C=O) groups is 3. The Morgan fingerprint density at radius 1 is 1.03 bits per heavy atom. The first-order valence-corrected chi connectivity index (χ1v) is 9.57. The van der Waals surface area contributed by atoms with E-state index >= 15 is 0 Å². The van der Waals surface area contributed by atoms with Gasteiger partial charge in [0.25, 0.3) is 5.91 Å². The minimum Gasteiger partial charge on any atom is -0.481 e. The zero-order valence-electron chi connectivity index (χ0n) is 16.0. The van der Waals surface area contributed by atoms with Gasteiger partial charge < -0.3 is 14.9 Å². The van der Waals surface area contributed by atoms with E-state index in [9.17, 15) is 23.9 Å². The first kappa shape index (κ1) is 20.5. The van der Waals surface area contributed by atoms with Gasteiger partial charge >= 0.3 is 5.97 Å². The van der Waals surface area contributed by atoms with Crippen LogP contribution in [0.5, 0.6) is 0 Å². The number of halogens is 1. The van der Waals surface area contributed by atoms with Crippen LogP contribution >= 0.6 is 0 Å². The van der Waals surface area contributed by atoms with Crippen molar-refractivity contribution in [1.82, 2.24) is 9.80 Å². The monoisotopic (exact) mass is 398 g/mol. The van der Waals surface area contributed by atoms with Crippen molar-refractivity contribution in [2.24, 2.45) is 0 Å². The van der Waals surface area contributed by atoms with Gasteiger partial charge in [-0.15, -0.1) is 0 Å². The topological polar surface area (TPSA) is 77.9 Å². The third kappa shape index (κ3) is 5.19. The maximum Gasteiger partial charge on any atom is 0.305 e. The predicted molar refractivity (Wildman–Crippen MR) is 105 cm³/mol. The van der Waals surface area contributed by atoms with Crippen molar-refractivity contribution in [3.63, 3.8) is 0 Å². The number of carboxylic acids is 1. The van der Waals surface area contributed by atoms with Gasteiger partial charge in [0.15, 0.2) is 0 Å². The quantitative estimate of drug-likeness (QED) is 0.778. The summed E-state index contributed by atoms with van der Waals surface area (Å²) in [6, 6.07) is 13.9. The Kier molecular flexibility index (Phi) is 6.59. The molecule has 0 bridgehead atoms. The molecule has 1 atom stereocenters. The van der Waals surface area contributed by atoms with Crippen molar-refractivity contribution in [3.8, 4) is 0 Å². The van der Waals surface area contributed by atoms with E-state index in [1.165, 1.54) is 34.7 Å². The summed E-state index contributed by atoms with van der Waals surface area (Å²) in [6.07, 6.45) is 1.11. The van der Waals surface area contributed by atoms with Crippen molar-refractivity contribution in [1.29, 1.82) is 0 Å². The maximum absolute atomic E-state index is 13.1. The Bertz CT molecular complexity index is 870. The predicted octanol–water partition coefficient (Wildman–Crippen LogP) is 2.59. The van der Waals surface area contributed by atoms with Crippen LogP contribution in [0.4, 0.5) is 4.39 Å². The molecule has 1 unspecified atom stereocenters. The summed E-state index contributed by atoms with van der Waals surface area (Å²) in [6.45, 7) is 1.09. The molecular weight excluding hydrogens is 375 g/mol. The molecule has 1 aliphatic rings. The molecule has 29 heavy (non-hydrogen) atoms. The van der Waals surface area contributed by atoms with Gasteiger partial charge in [0.1, 0.15) is 11.9 Å². The van der Waals surface area contributed by atoms with Crippen LogP contribution in [0.15, 0.2) is 54.6 Å². The van der Waals surface area contributed by atoms with Gasteiger partial charge in [-0.05, 0) is 42.7 Å². The minimum absolute atomic E-state index is 0.229. The number of carboxylic acid groups (broad SMARTS) is 1. The van der Waals surface area contributed by atoms with Crippen molar-refractivity contribution < 1.29 is 23.9 Å². The number of piperazine rings is 1. The van der Waals surface area contributed by atoms with Gasteiger partial charge in [-0.1, -0.05) is 30.3 Å². The highest BCUT2D eigenvalue weighted by Gasteiger charge is 2.38. The number of amides is 2. The fourth-order valence-electron chi connectivity index (χ4n) is 3.54. The molecule has 2 aromatic carbocycles. The molecule has 2 amide bonds. The lowest BCUT2D eigenvalue weighted by molar-refractivity contribution is -0.147. The van der Waals surface area contributed by atoms with Crippen LogP contribution in [0.2, 0.25) is 0 Å². The lowest BCUT2D eigenvalue weighted by atomic mass is 10.0. The number of hydrogen-bond acceptors (Lipinski definition) is 3. The Labute approximate surface area is 168 Å². The minimum atomic E-state index is -1.15. The lowest BCUT2D eigenvalue weighted by Crippen LogP contribution is -2.59. The molecule has 1 saturated heterocycles. The Balaban J connectivity index is 1.67. The lowest BCUT2D eigenvalue weighted by Gasteiger charge is -2.40. The highest BCUT2D eigenvalue weighted by molar-refractivity contribution is 5.99. The van der Waals surface area contributed by atoms with E-state index in [1.54, 1.807) is 4.90 Å². The molecule has 0 radical (unpaired) electrons. The highest BCUT2D eigenvalue weighted by Crippen LogP contribution is 2.19. The summed E-state index contributed by atoms with van der Waals surface area (Å²) in [4.78, 5) is 39.9. The number of nitrogens with zero attached hydrogens (tertiary/aromatic N) is 2. The van der Waals surface area contributed by atoms with E-state index in [2.05, 4.69) is 0 Å². The molecule has 1 heterocycles. The second-order valence-electron chi connectivity index (χ2n) is 7.03. The van der Waals surface area contributed by atoms with Crippen molar-refractivity contribution in [3.05, 3.63) is 71.5 Å². The molecule has 152 valence electrons. The first-order chi connectivity index (χ1) is 14.0. The Morgan fingerprint density at radius 3 is 2.38 bits per heavy atom. The standard InChI is InChI=1S/C22H23FN2O4/c23-18-10-8-17(9-11-18)21(28)25-14-13-24(22(29)19(25)15-20(26)27)12-4-7-16-5-2-1-3-6-16/h1-3,5-6,8-11,19H,4,7,12-15H2,(H,26,27). The van der Waals surface area contributed by atoms with E-state index in [-0.39, 0.29) is 18.0 Å². The second kappa shape index (κ2) is 9.32. The summed E-state index contributed by atoms with van der Waals surface area (Å²) in [7, 11) is 0. The van der Waals surface area contributed by atoms with Gasteiger partial charge in [-0.3, -0.25) is 14.4 Å². The average Bonchev–Trinajstić information content (AvgIpc) is 2.71. The number of hydrogen-bond donors (Lipinski definition) is 1. The van der Waals surface area contributed by atoms with Crippen molar-refractivity contribution in [2.45, 2.75) is 25.3 Å². The largest absolute Gasteiger partial charge is 0.481 e. The third-order valence-corrected chi connectivity index (χ3v) is 5.04. The van der Waals surface area contributed by atoms with Crippen LogP contribution in [-0.2, 0) is 16.0 Å². The molecule has 0 aromatic heterocycles. The van der Waals surface area contributed by atoms with Crippen molar-refractivity contribution in [2.75, 3.05) is 19.6 Å². The van der Waals surface area contributed by atoms with Gasteiger partial charge in [0.2, 0.25) is 5.91 Å². The van der Waals surface area contributed by atoms with Gasteiger partial charge in [0, 0.05) is 25.2 Å². The third-order valence-electron chi connectivity index (χ3n) is 5.04. The van der Waals surface area contributed by atoms with Gasteiger partial charge in [-0.2, -0.15) is 0 Å². The molecule has 1 fully saturated rings. The smallest absolute Gasteiger partial charge is 0.305 e. The molecule has 0 aliphatic carbocycles. The van der Waals surface area contributed by atoms with Crippen LogP contribution in [0.1, 0.15) is 28.8 Å². The molecule has 0 saturated carbocycles. The molecule has 0 spiro atoms. The normalized spacial score (nSPS) is 16.7. The average molecular weight is 398 g/mol. The summed E-state index contributed by atoms with van der Waals surface area (Å²) < 4.78 is 13.1. The molecular formula is C22H23FN2O4. The van der Waals surface area contributed by atoms with Crippen LogP contribution in [-0.4, -0.2) is 58.4 Å². The van der Waals surface area contributed by atoms with Crippen LogP contribution in [0, 0.1) is 5.82 Å². The molecule has 6 nitrogen and oxygen atoms in total. The van der Waals surface area contributed by atoms with Crippen LogP contribution < -0.4 is 0 Å². The molecule has 2 aromatic rings. The van der Waals surface area contributed by atoms with E-state index < -0.39 is 30.2 Å². The Hall–Kier alpha value is -3.22. The number of rotatable bonds is 7. The van der Waals surface area contributed by atoms with E-state index in [1.807, 2.05) is 30.3 Å². The molecule has 3 rings (SSSR count). The summed E-state index contributed by atoms with van der Waals surface area (Å²) in [5.74, 6) is -2.44. The highest BCUT2D eigenvalue weighted by atomic mass is 19.1. The van der Waals surface area contributed by atoms with Crippen molar-refractivity contribution >= 4 is 17.8 Å². The second-order valence-corrected chi connectivity index (χ2v) is 7.03. The molecule has 1 N–H and O–H groups in total. The molecule has 1 aliphatic heterocycles. The van der Waals surface area contributed by atoms with E-state index in [4.69, 9.17) is 0 Å². The molecule has 7 heteroatoms. The van der Waals surface area contributed by atoms with Gasteiger partial charge in [-0.25, -0.2) is 4.39 Å². The van der Waals surface area contributed by atoms with Crippen LogP contribution in [0.25, 0.3) is 0 Å². The Morgan fingerprint density at radius 2 is 1.72 bits per heavy atom. The summed E-state index contributed by atoms with van der Waals surface area (Å²) >= 11 is 0. The first-order valence-electron chi connectivity index (χ1n) is 9.57. The fraction of sp³-hybridized carbons (Fsp3) is 0.318. The zero-order chi connectivity index (χ0) is 20.8. The number of carbonyl (C=O) groups excluding carboxylic acids is 2. The van der Waals surface area contributed by atoms with Crippen LogP contribution in [0.3, 0.4) is 0 Å². The number of aryl methyl sites for hydroxylation is 1. The van der Waals surface area contributed by atoms with E-state index in [0.717, 1.165) is 12.8 Å². The zero-order valence-corrected chi connectivity index (χ0v) is 16.0. The number of aliphatic carboxylic acids is 1. The summed E-state index contributed by atoms with van der Waals surface area (Å²) in [5, 5.41) is 9.24. The van der Waals surface area contributed by atoms with E-state index in [0.29, 0.717) is 13.1 Å². The SMILES string of the molecule is O=C(O)CC1C(=O)N(CCCc2ccccc2)CCN1C(=O)c1ccc(F)cc1. The fourth-order valence-corrected chi connectivity index (χ4v) is 3.54. The number of benzene rings is 2. The van der Waals surface area contributed by atoms with Gasteiger partial charge in [0.05, 0.1) is 6.42 Å². The summed E-state index contributed by atoms with van der Waals surface area (Å²) in [5.41, 5.74) is 1.40.